The molecule has 0 atom stereocenters. The molecular weight excluding hydrogens is 281 g/mol. The van der Waals surface area contributed by atoms with Gasteiger partial charge in [0.25, 0.3) is 0 Å². The van der Waals surface area contributed by atoms with Crippen molar-refractivity contribution in [1.29, 1.82) is 0 Å². The highest BCUT2D eigenvalue weighted by molar-refractivity contribution is 5.95. The summed E-state index contributed by atoms with van der Waals surface area (Å²) < 4.78 is 13.7. The Hall–Kier alpha value is -2.43. The van der Waals surface area contributed by atoms with Gasteiger partial charge in [-0.15, -0.1) is 0 Å². The topological polar surface area (TPSA) is 36.4 Å². The fourth-order valence-electron chi connectivity index (χ4n) is 2.69. The first-order valence-electron chi connectivity index (χ1n) is 7.36. The van der Waals surface area contributed by atoms with E-state index in [1.54, 1.807) is 12.3 Å². The maximum Gasteiger partial charge on any atom is 0.159 e. The molecule has 0 unspecified atom stereocenters. The van der Waals surface area contributed by atoms with Crippen molar-refractivity contribution in [3.05, 3.63) is 54.0 Å². The number of hydrogen-bond donors (Lipinski definition) is 0. The maximum absolute atomic E-state index is 13.7. The summed E-state index contributed by atoms with van der Waals surface area (Å²) >= 11 is 0. The third kappa shape index (κ3) is 3.08. The Kier molecular flexibility index (Phi) is 4.04. The number of aromatic nitrogens is 1. The second-order valence-electron chi connectivity index (χ2n) is 5.42. The normalized spacial score (nSPS) is 15.0. The van der Waals surface area contributed by atoms with E-state index in [0.717, 1.165) is 37.7 Å². The van der Waals surface area contributed by atoms with Crippen LogP contribution in [0.25, 0.3) is 0 Å². The van der Waals surface area contributed by atoms with E-state index in [9.17, 15) is 9.18 Å². The molecule has 2 heterocycles. The molecule has 2 aromatic rings. The van der Waals surface area contributed by atoms with Crippen molar-refractivity contribution in [3.8, 4) is 0 Å². The van der Waals surface area contributed by atoms with Gasteiger partial charge in [-0.2, -0.15) is 0 Å². The van der Waals surface area contributed by atoms with E-state index < -0.39 is 0 Å². The van der Waals surface area contributed by atoms with E-state index in [4.69, 9.17) is 0 Å². The molecule has 0 amide bonds. The van der Waals surface area contributed by atoms with E-state index >= 15 is 0 Å². The van der Waals surface area contributed by atoms with E-state index in [0.29, 0.717) is 5.56 Å². The average molecular weight is 299 g/mol. The van der Waals surface area contributed by atoms with Gasteiger partial charge in [-0.3, -0.25) is 4.79 Å². The lowest BCUT2D eigenvalue weighted by Crippen LogP contribution is -2.46. The van der Waals surface area contributed by atoms with Gasteiger partial charge in [0.15, 0.2) is 5.78 Å². The highest BCUT2D eigenvalue weighted by Crippen LogP contribution is 2.22. The van der Waals surface area contributed by atoms with Crippen molar-refractivity contribution in [2.24, 2.45) is 0 Å². The molecule has 0 radical (unpaired) electrons. The van der Waals surface area contributed by atoms with Crippen molar-refractivity contribution in [2.75, 3.05) is 36.0 Å². The van der Waals surface area contributed by atoms with Crippen LogP contribution in [0.2, 0.25) is 0 Å². The number of halogens is 1. The highest BCUT2D eigenvalue weighted by Gasteiger charge is 2.19. The van der Waals surface area contributed by atoms with Crippen LogP contribution in [-0.4, -0.2) is 36.9 Å². The van der Waals surface area contributed by atoms with E-state index in [2.05, 4.69) is 14.8 Å². The Labute approximate surface area is 129 Å². The standard InChI is InChI=1S/C17H18FN3O/c1-13(22)14-10-15(18)12-16(11-14)20-6-8-21(9-7-20)17-4-2-3-5-19-17/h2-5,10-12H,6-9H2,1H3. The van der Waals surface area contributed by atoms with Gasteiger partial charge in [-0.1, -0.05) is 6.07 Å². The minimum absolute atomic E-state index is 0.118. The molecule has 1 aliphatic heterocycles. The van der Waals surface area contributed by atoms with Crippen molar-refractivity contribution < 1.29 is 9.18 Å². The molecule has 3 rings (SSSR count). The van der Waals surface area contributed by atoms with Crippen LogP contribution in [0.5, 0.6) is 0 Å². The zero-order chi connectivity index (χ0) is 15.5. The largest absolute Gasteiger partial charge is 0.368 e. The van der Waals surface area contributed by atoms with Crippen LogP contribution in [0, 0.1) is 5.82 Å². The Morgan fingerprint density at radius 1 is 1.09 bits per heavy atom. The lowest BCUT2D eigenvalue weighted by molar-refractivity contribution is 0.101. The van der Waals surface area contributed by atoms with Gasteiger partial charge < -0.3 is 9.80 Å². The van der Waals surface area contributed by atoms with Crippen molar-refractivity contribution in [3.63, 3.8) is 0 Å². The van der Waals surface area contributed by atoms with Crippen LogP contribution < -0.4 is 9.80 Å². The molecule has 0 spiro atoms. The molecule has 0 aliphatic carbocycles. The van der Waals surface area contributed by atoms with Gasteiger partial charge in [0.2, 0.25) is 0 Å². The number of carbonyl (C=O) groups is 1. The summed E-state index contributed by atoms with van der Waals surface area (Å²) in [6.07, 6.45) is 1.79. The Morgan fingerprint density at radius 2 is 1.82 bits per heavy atom. The first-order valence-corrected chi connectivity index (χ1v) is 7.36. The summed E-state index contributed by atoms with van der Waals surface area (Å²) in [5.41, 5.74) is 1.19. The molecule has 1 aromatic carbocycles. The van der Waals surface area contributed by atoms with Gasteiger partial charge in [0.1, 0.15) is 11.6 Å². The van der Waals surface area contributed by atoms with Crippen molar-refractivity contribution in [2.45, 2.75) is 6.92 Å². The predicted octanol–water partition coefficient (Wildman–Crippen LogP) is 2.75. The van der Waals surface area contributed by atoms with Crippen molar-refractivity contribution in [1.82, 2.24) is 4.98 Å². The summed E-state index contributed by atoms with van der Waals surface area (Å²) in [6, 6.07) is 10.4. The SMILES string of the molecule is CC(=O)c1cc(F)cc(N2CCN(c3ccccn3)CC2)c1. The lowest BCUT2D eigenvalue weighted by atomic mass is 10.1. The number of nitrogens with zero attached hydrogens (tertiary/aromatic N) is 3. The van der Waals surface area contributed by atoms with Crippen LogP contribution in [0.3, 0.4) is 0 Å². The molecular formula is C17H18FN3O. The Morgan fingerprint density at radius 3 is 2.45 bits per heavy atom. The first-order chi connectivity index (χ1) is 10.6. The number of anilines is 2. The number of Topliss-reactive ketones (excluding diaryl/α,β-unsaturated/α-hetero) is 1. The van der Waals surface area contributed by atoms with E-state index in [1.165, 1.54) is 19.1 Å². The van der Waals surface area contributed by atoms with Gasteiger partial charge >= 0.3 is 0 Å². The molecule has 114 valence electrons. The molecule has 22 heavy (non-hydrogen) atoms. The second-order valence-corrected chi connectivity index (χ2v) is 5.42. The molecule has 1 fully saturated rings. The van der Waals surface area contributed by atoms with Crippen LogP contribution in [0.1, 0.15) is 17.3 Å². The zero-order valence-corrected chi connectivity index (χ0v) is 12.5. The van der Waals surface area contributed by atoms with Crippen LogP contribution in [0.4, 0.5) is 15.9 Å². The third-order valence-corrected chi connectivity index (χ3v) is 3.91. The Bertz CT molecular complexity index is 667. The monoisotopic (exact) mass is 299 g/mol. The molecule has 5 heteroatoms. The van der Waals surface area contributed by atoms with E-state index in [-0.39, 0.29) is 11.6 Å². The number of carbonyl (C=O) groups excluding carboxylic acids is 1. The minimum atomic E-state index is -0.366. The van der Waals surface area contributed by atoms with Crippen molar-refractivity contribution >= 4 is 17.3 Å². The van der Waals surface area contributed by atoms with Crippen LogP contribution in [0.15, 0.2) is 42.6 Å². The summed E-state index contributed by atoms with van der Waals surface area (Å²) in [7, 11) is 0. The van der Waals surface area contributed by atoms with E-state index in [1.807, 2.05) is 18.2 Å². The number of hydrogen-bond acceptors (Lipinski definition) is 4. The average Bonchev–Trinajstić information content (AvgIpc) is 2.55. The van der Waals surface area contributed by atoms with Gasteiger partial charge in [-0.25, -0.2) is 9.37 Å². The summed E-state index contributed by atoms with van der Waals surface area (Å²) in [5.74, 6) is 0.480. The maximum atomic E-state index is 13.7. The third-order valence-electron chi connectivity index (χ3n) is 3.91. The smallest absolute Gasteiger partial charge is 0.159 e. The first kappa shape index (κ1) is 14.5. The predicted molar refractivity (Wildman–Crippen MR) is 85.1 cm³/mol. The highest BCUT2D eigenvalue weighted by atomic mass is 19.1. The lowest BCUT2D eigenvalue weighted by Gasteiger charge is -2.36. The zero-order valence-electron chi connectivity index (χ0n) is 12.5. The fourth-order valence-corrected chi connectivity index (χ4v) is 2.69. The van der Waals surface area contributed by atoms with Gasteiger partial charge in [-0.05, 0) is 37.3 Å². The summed E-state index contributed by atoms with van der Waals surface area (Å²) in [6.45, 7) is 4.65. The Balaban J connectivity index is 1.73. The number of benzene rings is 1. The molecule has 1 aliphatic rings. The molecule has 4 nitrogen and oxygen atoms in total. The van der Waals surface area contributed by atoms with Crippen LogP contribution >= 0.6 is 0 Å². The molecule has 1 saturated heterocycles. The molecule has 1 aromatic heterocycles. The number of rotatable bonds is 3. The summed E-state index contributed by atoms with van der Waals surface area (Å²) in [4.78, 5) is 20.1. The molecule has 0 N–H and O–H groups in total. The number of pyridine rings is 1. The number of piperazine rings is 1. The van der Waals surface area contributed by atoms with Crippen LogP contribution in [-0.2, 0) is 0 Å². The fraction of sp³-hybridized carbons (Fsp3) is 0.294. The molecule has 0 saturated carbocycles. The molecule has 0 bridgehead atoms. The quantitative estimate of drug-likeness (QED) is 0.817. The minimum Gasteiger partial charge on any atom is -0.368 e. The summed E-state index contributed by atoms with van der Waals surface area (Å²) in [5, 5.41) is 0. The van der Waals surface area contributed by atoms with Gasteiger partial charge in [0.05, 0.1) is 0 Å². The van der Waals surface area contributed by atoms with Gasteiger partial charge in [0, 0.05) is 43.6 Å². The number of ketones is 1. The second kappa shape index (κ2) is 6.13.